The van der Waals surface area contributed by atoms with Crippen LogP contribution in [0.5, 0.6) is 0 Å². The van der Waals surface area contributed by atoms with Crippen LogP contribution < -0.4 is 5.73 Å². The van der Waals surface area contributed by atoms with Gasteiger partial charge in [0.15, 0.2) is 0 Å². The summed E-state index contributed by atoms with van der Waals surface area (Å²) in [5.41, 5.74) is 6.10. The number of hydrogen-bond donors (Lipinski definition) is 1. The fourth-order valence-corrected chi connectivity index (χ4v) is 3.28. The third-order valence-corrected chi connectivity index (χ3v) is 5.09. The van der Waals surface area contributed by atoms with E-state index in [1.807, 2.05) is 29.2 Å². The minimum Gasteiger partial charge on any atom is -0.341 e. The van der Waals surface area contributed by atoms with E-state index >= 15 is 0 Å². The Morgan fingerprint density at radius 2 is 2.10 bits per heavy atom. The van der Waals surface area contributed by atoms with Crippen molar-refractivity contribution in [3.8, 4) is 0 Å². The molecule has 1 aliphatic rings. The number of likely N-dealkylation sites (tertiary alicyclic amines) is 1. The maximum absolute atomic E-state index is 12.3. The molecule has 5 heteroatoms. The van der Waals surface area contributed by atoms with Crippen molar-refractivity contribution in [1.82, 2.24) is 4.90 Å². The summed E-state index contributed by atoms with van der Waals surface area (Å²) in [6.45, 7) is 5.77. The average molecular weight is 313 g/mol. The molecular weight excluding hydrogens is 292 g/mol. The Morgan fingerprint density at radius 3 is 2.70 bits per heavy atom. The zero-order chi connectivity index (χ0) is 14.8. The first-order chi connectivity index (χ1) is 9.38. The van der Waals surface area contributed by atoms with Crippen LogP contribution in [0.15, 0.2) is 29.2 Å². The standard InChI is InChI=1S/C15H21ClN2OS/c1-15(2)10-18(8-7-13(15)17)14(19)9-20-12-5-3-11(16)4-6-12/h3-6,13H,7-10,17H2,1-2H3. The molecule has 20 heavy (non-hydrogen) atoms. The Kier molecular flexibility index (Phi) is 4.99. The lowest BCUT2D eigenvalue weighted by Crippen LogP contribution is -2.54. The Bertz CT molecular complexity index is 475. The zero-order valence-electron chi connectivity index (χ0n) is 11.9. The molecular formula is C15H21ClN2OS. The van der Waals surface area contributed by atoms with Crippen LogP contribution in [0.25, 0.3) is 0 Å². The molecule has 2 N–H and O–H groups in total. The molecule has 0 radical (unpaired) electrons. The second kappa shape index (κ2) is 6.37. The van der Waals surface area contributed by atoms with Crippen LogP contribution in [0.3, 0.4) is 0 Å². The molecule has 0 aromatic heterocycles. The van der Waals surface area contributed by atoms with Gasteiger partial charge in [-0.3, -0.25) is 4.79 Å². The van der Waals surface area contributed by atoms with Crippen LogP contribution in [0.1, 0.15) is 20.3 Å². The number of benzene rings is 1. The summed E-state index contributed by atoms with van der Waals surface area (Å²) in [5, 5.41) is 0.715. The smallest absolute Gasteiger partial charge is 0.232 e. The lowest BCUT2D eigenvalue weighted by Gasteiger charge is -2.42. The number of hydrogen-bond acceptors (Lipinski definition) is 3. The first-order valence-corrected chi connectivity index (χ1v) is 8.16. The predicted molar refractivity (Wildman–Crippen MR) is 85.1 cm³/mol. The van der Waals surface area contributed by atoms with Gasteiger partial charge in [-0.1, -0.05) is 25.4 Å². The van der Waals surface area contributed by atoms with Gasteiger partial charge in [0.2, 0.25) is 5.91 Å². The molecule has 0 spiro atoms. The van der Waals surface area contributed by atoms with Gasteiger partial charge < -0.3 is 10.6 Å². The number of piperidine rings is 1. The van der Waals surface area contributed by atoms with E-state index < -0.39 is 0 Å². The number of carbonyl (C=O) groups excluding carboxylic acids is 1. The molecule has 0 saturated carbocycles. The predicted octanol–water partition coefficient (Wildman–Crippen LogP) is 3.02. The quantitative estimate of drug-likeness (QED) is 0.873. The van der Waals surface area contributed by atoms with E-state index in [2.05, 4.69) is 13.8 Å². The second-order valence-corrected chi connectivity index (χ2v) is 7.43. The second-order valence-electron chi connectivity index (χ2n) is 5.94. The number of nitrogens with zero attached hydrogens (tertiary/aromatic N) is 1. The number of nitrogens with two attached hydrogens (primary N) is 1. The summed E-state index contributed by atoms with van der Waals surface area (Å²) < 4.78 is 0. The topological polar surface area (TPSA) is 46.3 Å². The lowest BCUT2D eigenvalue weighted by atomic mass is 9.80. The summed E-state index contributed by atoms with van der Waals surface area (Å²) in [6, 6.07) is 7.75. The number of amides is 1. The summed E-state index contributed by atoms with van der Waals surface area (Å²) in [5.74, 6) is 0.650. The van der Waals surface area contributed by atoms with E-state index in [1.54, 1.807) is 11.8 Å². The van der Waals surface area contributed by atoms with E-state index in [1.165, 1.54) is 0 Å². The first kappa shape index (κ1) is 15.7. The van der Waals surface area contributed by atoms with Crippen LogP contribution in [-0.4, -0.2) is 35.7 Å². The van der Waals surface area contributed by atoms with Gasteiger partial charge in [-0.25, -0.2) is 0 Å². The fraction of sp³-hybridized carbons (Fsp3) is 0.533. The van der Waals surface area contributed by atoms with Gasteiger partial charge in [0, 0.05) is 29.0 Å². The molecule has 0 aliphatic carbocycles. The van der Waals surface area contributed by atoms with Crippen molar-refractivity contribution >= 4 is 29.3 Å². The Balaban J connectivity index is 1.87. The molecule has 110 valence electrons. The Labute approximate surface area is 129 Å². The van der Waals surface area contributed by atoms with Crippen molar-refractivity contribution in [1.29, 1.82) is 0 Å². The van der Waals surface area contributed by atoms with Crippen molar-refractivity contribution in [2.24, 2.45) is 11.1 Å². The van der Waals surface area contributed by atoms with Crippen LogP contribution >= 0.6 is 23.4 Å². The maximum atomic E-state index is 12.3. The lowest BCUT2D eigenvalue weighted by molar-refractivity contribution is -0.131. The van der Waals surface area contributed by atoms with E-state index in [0.717, 1.165) is 24.4 Å². The van der Waals surface area contributed by atoms with Crippen molar-refractivity contribution in [2.45, 2.75) is 31.2 Å². The molecule has 1 aliphatic heterocycles. The van der Waals surface area contributed by atoms with Gasteiger partial charge in [-0.2, -0.15) is 0 Å². The SMILES string of the molecule is CC1(C)CN(C(=O)CSc2ccc(Cl)cc2)CCC1N. The molecule has 1 unspecified atom stereocenters. The highest BCUT2D eigenvalue weighted by atomic mass is 35.5. The third-order valence-electron chi connectivity index (χ3n) is 3.84. The molecule has 1 saturated heterocycles. The van der Waals surface area contributed by atoms with E-state index in [4.69, 9.17) is 17.3 Å². The molecule has 1 aromatic rings. The minimum atomic E-state index is -0.00114. The minimum absolute atomic E-state index is 0.00114. The monoisotopic (exact) mass is 312 g/mol. The van der Waals surface area contributed by atoms with Crippen LogP contribution in [0.4, 0.5) is 0 Å². The van der Waals surface area contributed by atoms with Crippen molar-refractivity contribution < 1.29 is 4.79 Å². The van der Waals surface area contributed by atoms with Crippen LogP contribution in [-0.2, 0) is 4.79 Å². The largest absolute Gasteiger partial charge is 0.341 e. The highest BCUT2D eigenvalue weighted by molar-refractivity contribution is 8.00. The normalized spacial score (nSPS) is 21.8. The van der Waals surface area contributed by atoms with Crippen molar-refractivity contribution in [3.63, 3.8) is 0 Å². The van der Waals surface area contributed by atoms with Gasteiger partial charge in [0.25, 0.3) is 0 Å². The Hall–Kier alpha value is -0.710. The molecule has 3 nitrogen and oxygen atoms in total. The summed E-state index contributed by atoms with van der Waals surface area (Å²) in [7, 11) is 0. The van der Waals surface area contributed by atoms with Gasteiger partial charge >= 0.3 is 0 Å². The molecule has 1 fully saturated rings. The first-order valence-electron chi connectivity index (χ1n) is 6.80. The molecule has 2 rings (SSSR count). The summed E-state index contributed by atoms with van der Waals surface area (Å²) in [6.07, 6.45) is 0.879. The molecule has 1 atom stereocenters. The fourth-order valence-electron chi connectivity index (χ4n) is 2.35. The van der Waals surface area contributed by atoms with E-state index in [9.17, 15) is 4.79 Å². The summed E-state index contributed by atoms with van der Waals surface area (Å²) >= 11 is 7.40. The highest BCUT2D eigenvalue weighted by Crippen LogP contribution is 2.28. The number of halogens is 1. The van der Waals surface area contributed by atoms with Crippen molar-refractivity contribution in [3.05, 3.63) is 29.3 Å². The third kappa shape index (κ3) is 3.90. The molecule has 1 heterocycles. The zero-order valence-corrected chi connectivity index (χ0v) is 13.5. The van der Waals surface area contributed by atoms with Crippen LogP contribution in [0, 0.1) is 5.41 Å². The maximum Gasteiger partial charge on any atom is 0.232 e. The molecule has 1 amide bonds. The Morgan fingerprint density at radius 1 is 1.45 bits per heavy atom. The van der Waals surface area contributed by atoms with Crippen LogP contribution in [0.2, 0.25) is 5.02 Å². The highest BCUT2D eigenvalue weighted by Gasteiger charge is 2.35. The van der Waals surface area contributed by atoms with Gasteiger partial charge in [0.1, 0.15) is 0 Å². The van der Waals surface area contributed by atoms with Gasteiger partial charge in [0.05, 0.1) is 5.75 Å². The number of rotatable bonds is 3. The van der Waals surface area contributed by atoms with Gasteiger partial charge in [-0.15, -0.1) is 11.8 Å². The van der Waals surface area contributed by atoms with Crippen molar-refractivity contribution in [2.75, 3.05) is 18.8 Å². The van der Waals surface area contributed by atoms with E-state index in [0.29, 0.717) is 10.8 Å². The van der Waals surface area contributed by atoms with E-state index in [-0.39, 0.29) is 17.4 Å². The number of thioether (sulfide) groups is 1. The number of carbonyl (C=O) groups is 1. The summed E-state index contributed by atoms with van der Waals surface area (Å²) in [4.78, 5) is 15.3. The molecule has 1 aromatic carbocycles. The molecule has 0 bridgehead atoms. The average Bonchev–Trinajstić information content (AvgIpc) is 2.41. The van der Waals surface area contributed by atoms with Gasteiger partial charge in [-0.05, 0) is 36.1 Å².